The summed E-state index contributed by atoms with van der Waals surface area (Å²) in [4.78, 5) is 0. The molecule has 0 radical (unpaired) electrons. The number of rotatable bonds is 5. The Hall–Kier alpha value is -0.860. The minimum atomic E-state index is 0.182. The minimum absolute atomic E-state index is 0.182. The molecule has 16 heavy (non-hydrogen) atoms. The first-order valence-corrected chi connectivity index (χ1v) is 6.21. The Kier molecular flexibility index (Phi) is 4.37. The molecule has 2 rings (SSSR count). The van der Waals surface area contributed by atoms with Crippen LogP contribution in [-0.2, 0) is 4.74 Å². The van der Waals surface area contributed by atoms with Crippen LogP contribution in [0.1, 0.15) is 37.4 Å². The fourth-order valence-corrected chi connectivity index (χ4v) is 2.41. The largest absolute Gasteiger partial charge is 0.375 e. The molecule has 1 fully saturated rings. The van der Waals surface area contributed by atoms with E-state index in [4.69, 9.17) is 4.74 Å². The molecule has 0 heterocycles. The quantitative estimate of drug-likeness (QED) is 0.822. The molecule has 0 bridgehead atoms. The van der Waals surface area contributed by atoms with Gasteiger partial charge >= 0.3 is 0 Å². The molecule has 0 spiro atoms. The zero-order chi connectivity index (χ0) is 11.2. The lowest BCUT2D eigenvalue weighted by atomic mass is 10.1. The van der Waals surface area contributed by atoms with Crippen LogP contribution in [-0.4, -0.2) is 19.7 Å². The van der Waals surface area contributed by atoms with E-state index in [-0.39, 0.29) is 6.10 Å². The SMILES string of the molecule is COC(CNC1CCCC1)c1ccccc1. The molecule has 0 aliphatic heterocycles. The summed E-state index contributed by atoms with van der Waals surface area (Å²) in [6.07, 6.45) is 5.58. The molecule has 1 atom stereocenters. The number of methoxy groups -OCH3 is 1. The molecule has 2 heteroatoms. The van der Waals surface area contributed by atoms with E-state index in [9.17, 15) is 0 Å². The third kappa shape index (κ3) is 3.06. The van der Waals surface area contributed by atoms with Crippen molar-refractivity contribution in [3.63, 3.8) is 0 Å². The first-order chi connectivity index (χ1) is 7.90. The summed E-state index contributed by atoms with van der Waals surface area (Å²) in [5.41, 5.74) is 1.26. The fourth-order valence-electron chi connectivity index (χ4n) is 2.41. The number of hydrogen-bond donors (Lipinski definition) is 1. The highest BCUT2D eigenvalue weighted by Gasteiger charge is 2.17. The Morgan fingerprint density at radius 2 is 1.94 bits per heavy atom. The zero-order valence-corrected chi connectivity index (χ0v) is 9.99. The number of benzene rings is 1. The van der Waals surface area contributed by atoms with Gasteiger partial charge in [-0.25, -0.2) is 0 Å². The lowest BCUT2D eigenvalue weighted by molar-refractivity contribution is 0.0995. The Labute approximate surface area is 98.0 Å². The summed E-state index contributed by atoms with van der Waals surface area (Å²) in [5, 5.41) is 3.61. The van der Waals surface area contributed by atoms with Crippen molar-refractivity contribution in [2.45, 2.75) is 37.8 Å². The van der Waals surface area contributed by atoms with Gasteiger partial charge in [0.05, 0.1) is 6.10 Å². The van der Waals surface area contributed by atoms with Gasteiger partial charge in [-0.05, 0) is 18.4 Å². The van der Waals surface area contributed by atoms with Gasteiger partial charge in [0.2, 0.25) is 0 Å². The van der Waals surface area contributed by atoms with Gasteiger partial charge in [-0.2, -0.15) is 0 Å². The topological polar surface area (TPSA) is 21.3 Å². The van der Waals surface area contributed by atoms with Gasteiger partial charge < -0.3 is 10.1 Å². The van der Waals surface area contributed by atoms with Gasteiger partial charge in [0.25, 0.3) is 0 Å². The molecule has 0 aromatic heterocycles. The van der Waals surface area contributed by atoms with Crippen LogP contribution in [0.3, 0.4) is 0 Å². The smallest absolute Gasteiger partial charge is 0.0945 e. The molecule has 1 aliphatic rings. The van der Waals surface area contributed by atoms with Gasteiger partial charge in [0, 0.05) is 19.7 Å². The average Bonchev–Trinajstić information content (AvgIpc) is 2.84. The van der Waals surface area contributed by atoms with Crippen molar-refractivity contribution in [1.29, 1.82) is 0 Å². The standard InChI is InChI=1S/C14H21NO/c1-16-14(12-7-3-2-4-8-12)11-15-13-9-5-6-10-13/h2-4,7-8,13-15H,5-6,9-11H2,1H3. The highest BCUT2D eigenvalue weighted by atomic mass is 16.5. The van der Waals surface area contributed by atoms with Crippen molar-refractivity contribution in [1.82, 2.24) is 5.32 Å². The zero-order valence-electron chi connectivity index (χ0n) is 9.99. The molecule has 1 saturated carbocycles. The Morgan fingerprint density at radius 3 is 2.56 bits per heavy atom. The van der Waals surface area contributed by atoms with Crippen molar-refractivity contribution >= 4 is 0 Å². The summed E-state index contributed by atoms with van der Waals surface area (Å²) >= 11 is 0. The van der Waals surface area contributed by atoms with E-state index in [1.54, 1.807) is 7.11 Å². The van der Waals surface area contributed by atoms with Crippen LogP contribution in [0.15, 0.2) is 30.3 Å². The van der Waals surface area contributed by atoms with Gasteiger partial charge in [-0.15, -0.1) is 0 Å². The normalized spacial score (nSPS) is 18.8. The maximum absolute atomic E-state index is 5.53. The molecule has 1 aromatic carbocycles. The number of ether oxygens (including phenoxy) is 1. The Bertz CT molecular complexity index is 293. The van der Waals surface area contributed by atoms with Gasteiger partial charge in [-0.1, -0.05) is 43.2 Å². The van der Waals surface area contributed by atoms with Crippen LogP contribution in [0, 0.1) is 0 Å². The third-order valence-corrected chi connectivity index (χ3v) is 3.40. The molecular weight excluding hydrogens is 198 g/mol. The van der Waals surface area contributed by atoms with Crippen molar-refractivity contribution in [2.75, 3.05) is 13.7 Å². The molecular formula is C14H21NO. The van der Waals surface area contributed by atoms with E-state index in [1.165, 1.54) is 31.2 Å². The van der Waals surface area contributed by atoms with E-state index in [0.717, 1.165) is 6.54 Å². The van der Waals surface area contributed by atoms with E-state index < -0.39 is 0 Å². The van der Waals surface area contributed by atoms with E-state index >= 15 is 0 Å². The van der Waals surface area contributed by atoms with Crippen LogP contribution >= 0.6 is 0 Å². The second-order valence-corrected chi connectivity index (χ2v) is 4.52. The predicted molar refractivity (Wildman–Crippen MR) is 66.5 cm³/mol. The van der Waals surface area contributed by atoms with E-state index in [1.807, 2.05) is 6.07 Å². The summed E-state index contributed by atoms with van der Waals surface area (Å²) in [6, 6.07) is 11.1. The monoisotopic (exact) mass is 219 g/mol. The van der Waals surface area contributed by atoms with Crippen LogP contribution in [0.2, 0.25) is 0 Å². The van der Waals surface area contributed by atoms with E-state index in [2.05, 4.69) is 29.6 Å². The highest BCUT2D eigenvalue weighted by Crippen LogP contribution is 2.20. The van der Waals surface area contributed by atoms with Crippen molar-refractivity contribution < 1.29 is 4.74 Å². The summed E-state index contributed by atoms with van der Waals surface area (Å²) in [7, 11) is 1.79. The molecule has 88 valence electrons. The number of hydrogen-bond acceptors (Lipinski definition) is 2. The van der Waals surface area contributed by atoms with Gasteiger partial charge in [0.1, 0.15) is 0 Å². The first-order valence-electron chi connectivity index (χ1n) is 6.21. The lowest BCUT2D eigenvalue weighted by Gasteiger charge is -2.19. The highest BCUT2D eigenvalue weighted by molar-refractivity contribution is 5.17. The van der Waals surface area contributed by atoms with Crippen LogP contribution in [0.5, 0.6) is 0 Å². The molecule has 0 amide bonds. The summed E-state index contributed by atoms with van der Waals surface area (Å²) in [6.45, 7) is 0.922. The van der Waals surface area contributed by atoms with Crippen LogP contribution in [0.4, 0.5) is 0 Å². The molecule has 0 saturated heterocycles. The maximum atomic E-state index is 5.53. The molecule has 1 N–H and O–H groups in total. The van der Waals surface area contributed by atoms with E-state index in [0.29, 0.717) is 6.04 Å². The molecule has 1 unspecified atom stereocenters. The van der Waals surface area contributed by atoms with Crippen LogP contribution < -0.4 is 5.32 Å². The van der Waals surface area contributed by atoms with Crippen molar-refractivity contribution in [2.24, 2.45) is 0 Å². The van der Waals surface area contributed by atoms with Crippen LogP contribution in [0.25, 0.3) is 0 Å². The summed E-state index contributed by atoms with van der Waals surface area (Å²) in [5.74, 6) is 0. The lowest BCUT2D eigenvalue weighted by Crippen LogP contribution is -2.31. The maximum Gasteiger partial charge on any atom is 0.0945 e. The first kappa shape index (κ1) is 11.6. The predicted octanol–water partition coefficient (Wildman–Crippen LogP) is 2.91. The second kappa shape index (κ2) is 6.02. The van der Waals surface area contributed by atoms with Gasteiger partial charge in [0.15, 0.2) is 0 Å². The molecule has 1 aliphatic carbocycles. The number of nitrogens with one attached hydrogen (secondary N) is 1. The Balaban J connectivity index is 1.85. The van der Waals surface area contributed by atoms with Gasteiger partial charge in [-0.3, -0.25) is 0 Å². The average molecular weight is 219 g/mol. The van der Waals surface area contributed by atoms with Crippen molar-refractivity contribution in [3.05, 3.63) is 35.9 Å². The molecule has 1 aromatic rings. The fraction of sp³-hybridized carbons (Fsp3) is 0.571. The van der Waals surface area contributed by atoms with Crippen molar-refractivity contribution in [3.8, 4) is 0 Å². The Morgan fingerprint density at radius 1 is 1.25 bits per heavy atom. The summed E-state index contributed by atoms with van der Waals surface area (Å²) < 4.78 is 5.53. The second-order valence-electron chi connectivity index (χ2n) is 4.52. The minimum Gasteiger partial charge on any atom is -0.375 e. The molecule has 2 nitrogen and oxygen atoms in total. The third-order valence-electron chi connectivity index (χ3n) is 3.40.